The van der Waals surface area contributed by atoms with Crippen molar-refractivity contribution in [3.8, 4) is 0 Å². The number of aromatic nitrogens is 2. The van der Waals surface area contributed by atoms with Crippen LogP contribution < -0.4 is 5.32 Å². The Kier molecular flexibility index (Phi) is 4.51. The van der Waals surface area contributed by atoms with E-state index in [1.807, 2.05) is 0 Å². The van der Waals surface area contributed by atoms with E-state index in [0.717, 1.165) is 37.5 Å². The van der Waals surface area contributed by atoms with Crippen molar-refractivity contribution in [1.29, 1.82) is 0 Å². The number of aryl methyl sites for hydroxylation is 1. The molecule has 0 spiro atoms. The molecule has 0 saturated carbocycles. The van der Waals surface area contributed by atoms with Gasteiger partial charge < -0.3 is 14.8 Å². The van der Waals surface area contributed by atoms with Gasteiger partial charge in [-0.1, -0.05) is 50.2 Å². The summed E-state index contributed by atoms with van der Waals surface area (Å²) in [6.45, 7) is 8.48. The van der Waals surface area contributed by atoms with E-state index in [2.05, 4.69) is 84.2 Å². The molecule has 26 heavy (non-hydrogen) atoms. The lowest BCUT2D eigenvalue weighted by atomic mass is 10.1. The number of hydrogen-bond donors (Lipinski definition) is 1. The third-order valence-electron chi connectivity index (χ3n) is 5.35. The fraction of sp³-hybridized carbons (Fsp3) is 0.318. The maximum absolute atomic E-state index is 4.96. The topological polar surface area (TPSA) is 33.1 Å². The fourth-order valence-corrected chi connectivity index (χ4v) is 3.89. The van der Waals surface area contributed by atoms with Gasteiger partial charge in [0, 0.05) is 41.8 Å². The van der Waals surface area contributed by atoms with Crippen LogP contribution in [0.5, 0.6) is 0 Å². The van der Waals surface area contributed by atoms with Crippen molar-refractivity contribution in [2.75, 3.05) is 31.5 Å². The highest BCUT2D eigenvalue weighted by atomic mass is 15.1. The number of benzene rings is 2. The molecule has 0 aliphatic rings. The summed E-state index contributed by atoms with van der Waals surface area (Å²) >= 11 is 0. The number of nitrogens with zero attached hydrogens (tertiary/aromatic N) is 3. The molecule has 0 bridgehead atoms. The molecule has 0 unspecified atom stereocenters. The van der Waals surface area contributed by atoms with Gasteiger partial charge in [0.1, 0.15) is 0 Å². The van der Waals surface area contributed by atoms with Crippen molar-refractivity contribution in [2.45, 2.75) is 13.8 Å². The second kappa shape index (κ2) is 6.96. The first-order valence-electron chi connectivity index (χ1n) is 9.46. The standard InChI is InChI=1S/C22H26N4/c1-4-26(5-2)15-14-23-22-21-20(16-10-6-8-12-18(16)24-22)17-11-7-9-13-19(17)25(21)3/h6-13H,4-5,14-15H2,1-3H3,(H,23,24). The SMILES string of the molecule is CCN(CC)CCNc1nc2ccccc2c2c3ccccc3n(C)c12. The van der Waals surface area contributed by atoms with Crippen molar-refractivity contribution in [2.24, 2.45) is 7.05 Å². The Morgan fingerprint density at radius 1 is 0.962 bits per heavy atom. The van der Waals surface area contributed by atoms with E-state index in [9.17, 15) is 0 Å². The Morgan fingerprint density at radius 3 is 2.42 bits per heavy atom. The normalized spacial score (nSPS) is 11.8. The summed E-state index contributed by atoms with van der Waals surface area (Å²) < 4.78 is 2.27. The number of rotatable bonds is 6. The molecule has 2 heterocycles. The van der Waals surface area contributed by atoms with Crippen LogP contribution in [0.3, 0.4) is 0 Å². The van der Waals surface area contributed by atoms with Crippen LogP contribution in [0.15, 0.2) is 48.5 Å². The Balaban J connectivity index is 1.88. The summed E-state index contributed by atoms with van der Waals surface area (Å²) in [5.74, 6) is 0.976. The quantitative estimate of drug-likeness (QED) is 0.552. The number of para-hydroxylation sites is 2. The van der Waals surface area contributed by atoms with Crippen LogP contribution >= 0.6 is 0 Å². The highest BCUT2D eigenvalue weighted by Gasteiger charge is 2.16. The van der Waals surface area contributed by atoms with Crippen molar-refractivity contribution in [1.82, 2.24) is 14.5 Å². The lowest BCUT2D eigenvalue weighted by Crippen LogP contribution is -2.28. The molecule has 4 nitrogen and oxygen atoms in total. The summed E-state index contributed by atoms with van der Waals surface area (Å²) in [5, 5.41) is 7.40. The van der Waals surface area contributed by atoms with Crippen LogP contribution in [0, 0.1) is 0 Å². The maximum Gasteiger partial charge on any atom is 0.151 e. The Bertz CT molecular complexity index is 1060. The zero-order valence-electron chi connectivity index (χ0n) is 15.8. The Morgan fingerprint density at radius 2 is 1.65 bits per heavy atom. The molecule has 0 aliphatic heterocycles. The summed E-state index contributed by atoms with van der Waals surface area (Å²) in [6, 6.07) is 17.1. The first-order valence-corrected chi connectivity index (χ1v) is 9.46. The van der Waals surface area contributed by atoms with Gasteiger partial charge >= 0.3 is 0 Å². The van der Waals surface area contributed by atoms with Gasteiger partial charge in [-0.3, -0.25) is 0 Å². The fourth-order valence-electron chi connectivity index (χ4n) is 3.89. The highest BCUT2D eigenvalue weighted by Crippen LogP contribution is 2.36. The molecule has 4 rings (SSSR count). The van der Waals surface area contributed by atoms with Crippen LogP contribution in [-0.4, -0.2) is 40.6 Å². The predicted octanol–water partition coefficient (Wildman–Crippen LogP) is 4.63. The smallest absolute Gasteiger partial charge is 0.151 e. The van der Waals surface area contributed by atoms with Crippen molar-refractivity contribution in [3.05, 3.63) is 48.5 Å². The molecule has 1 N–H and O–H groups in total. The molecule has 2 aromatic heterocycles. The van der Waals surface area contributed by atoms with E-state index in [0.29, 0.717) is 0 Å². The first-order chi connectivity index (χ1) is 12.7. The maximum atomic E-state index is 4.96. The Labute approximate surface area is 154 Å². The van der Waals surface area contributed by atoms with E-state index in [1.54, 1.807) is 0 Å². The van der Waals surface area contributed by atoms with Gasteiger partial charge in [0.2, 0.25) is 0 Å². The van der Waals surface area contributed by atoms with Gasteiger partial charge in [0.05, 0.1) is 11.0 Å². The first kappa shape index (κ1) is 16.9. The molecule has 0 fully saturated rings. The molecule has 0 amide bonds. The third-order valence-corrected chi connectivity index (χ3v) is 5.35. The second-order valence-electron chi connectivity index (χ2n) is 6.73. The van der Waals surface area contributed by atoms with E-state index in [-0.39, 0.29) is 0 Å². The molecule has 2 aromatic carbocycles. The van der Waals surface area contributed by atoms with Crippen LogP contribution in [0.2, 0.25) is 0 Å². The molecule has 4 heteroatoms. The largest absolute Gasteiger partial charge is 0.367 e. The molecule has 4 aromatic rings. The van der Waals surface area contributed by atoms with Crippen LogP contribution in [0.4, 0.5) is 5.82 Å². The minimum atomic E-state index is 0.893. The number of fused-ring (bicyclic) bond motifs is 5. The average Bonchev–Trinajstić information content (AvgIpc) is 2.99. The zero-order chi connectivity index (χ0) is 18.1. The molecular formula is C22H26N4. The molecule has 0 aliphatic carbocycles. The monoisotopic (exact) mass is 346 g/mol. The second-order valence-corrected chi connectivity index (χ2v) is 6.73. The number of nitrogens with one attached hydrogen (secondary N) is 1. The van der Waals surface area contributed by atoms with Gasteiger partial charge in [-0.15, -0.1) is 0 Å². The van der Waals surface area contributed by atoms with Crippen LogP contribution in [0.1, 0.15) is 13.8 Å². The predicted molar refractivity (Wildman–Crippen MR) is 112 cm³/mol. The molecular weight excluding hydrogens is 320 g/mol. The van der Waals surface area contributed by atoms with E-state index < -0.39 is 0 Å². The number of likely N-dealkylation sites (N-methyl/N-ethyl adjacent to an activating group) is 1. The number of hydrogen-bond acceptors (Lipinski definition) is 3. The van der Waals surface area contributed by atoms with Crippen LogP contribution in [0.25, 0.3) is 32.7 Å². The van der Waals surface area contributed by atoms with E-state index in [1.165, 1.54) is 27.2 Å². The molecule has 0 radical (unpaired) electrons. The number of pyridine rings is 1. The zero-order valence-corrected chi connectivity index (χ0v) is 15.8. The molecule has 0 atom stereocenters. The summed E-state index contributed by atoms with van der Waals surface area (Å²) in [6.07, 6.45) is 0. The van der Waals surface area contributed by atoms with Crippen molar-refractivity contribution < 1.29 is 0 Å². The third kappa shape index (κ3) is 2.71. The minimum Gasteiger partial charge on any atom is -0.367 e. The average molecular weight is 346 g/mol. The Hall–Kier alpha value is -2.59. The van der Waals surface area contributed by atoms with Gasteiger partial charge in [-0.2, -0.15) is 0 Å². The lowest BCUT2D eigenvalue weighted by Gasteiger charge is -2.18. The lowest BCUT2D eigenvalue weighted by molar-refractivity contribution is 0.316. The summed E-state index contributed by atoms with van der Waals surface area (Å²) in [5.41, 5.74) is 3.47. The minimum absolute atomic E-state index is 0.893. The van der Waals surface area contributed by atoms with Crippen molar-refractivity contribution in [3.63, 3.8) is 0 Å². The van der Waals surface area contributed by atoms with Crippen LogP contribution in [-0.2, 0) is 7.05 Å². The van der Waals surface area contributed by atoms with Gasteiger partial charge in [-0.05, 0) is 25.2 Å². The summed E-state index contributed by atoms with van der Waals surface area (Å²) in [4.78, 5) is 7.38. The molecule has 0 saturated heterocycles. The highest BCUT2D eigenvalue weighted by molar-refractivity contribution is 6.22. The van der Waals surface area contributed by atoms with E-state index >= 15 is 0 Å². The van der Waals surface area contributed by atoms with Crippen molar-refractivity contribution >= 4 is 38.5 Å². The summed E-state index contributed by atoms with van der Waals surface area (Å²) in [7, 11) is 2.14. The van der Waals surface area contributed by atoms with Gasteiger partial charge in [0.15, 0.2) is 5.82 Å². The van der Waals surface area contributed by atoms with Gasteiger partial charge in [-0.25, -0.2) is 4.98 Å². The van der Waals surface area contributed by atoms with E-state index in [4.69, 9.17) is 4.98 Å². The van der Waals surface area contributed by atoms with Gasteiger partial charge in [0.25, 0.3) is 0 Å². The number of anilines is 1. The molecule has 134 valence electrons.